The van der Waals surface area contributed by atoms with Gasteiger partial charge in [0.2, 0.25) is 5.56 Å². The van der Waals surface area contributed by atoms with Crippen LogP contribution in [0.3, 0.4) is 0 Å². The quantitative estimate of drug-likeness (QED) is 0.772. The smallest absolute Gasteiger partial charge is 0.247 e. The van der Waals surface area contributed by atoms with Crippen LogP contribution in [0.5, 0.6) is 0 Å². The van der Waals surface area contributed by atoms with Crippen LogP contribution in [0.1, 0.15) is 17.2 Å². The van der Waals surface area contributed by atoms with Crippen LogP contribution in [-0.4, -0.2) is 10.1 Å². The Balaban J connectivity index is 2.32. The van der Waals surface area contributed by atoms with Gasteiger partial charge in [0.05, 0.1) is 0 Å². The van der Waals surface area contributed by atoms with Crippen molar-refractivity contribution >= 4 is 0 Å². The van der Waals surface area contributed by atoms with Gasteiger partial charge in [-0.25, -0.2) is 0 Å². The molecule has 15 heavy (non-hydrogen) atoms. The van der Waals surface area contributed by atoms with Crippen LogP contribution in [0.25, 0.3) is 0 Å². The predicted molar refractivity (Wildman–Crippen MR) is 57.6 cm³/mol. The summed E-state index contributed by atoms with van der Waals surface area (Å²) in [6, 6.07) is 12.3. The maximum atomic E-state index is 10.8. The van der Waals surface area contributed by atoms with E-state index in [4.69, 9.17) is 0 Å². The first-order valence-corrected chi connectivity index (χ1v) is 4.69. The minimum Gasteiger partial charge on any atom is -0.384 e. The van der Waals surface area contributed by atoms with Crippen LogP contribution in [0.15, 0.2) is 53.5 Å². The first-order valence-electron chi connectivity index (χ1n) is 4.69. The van der Waals surface area contributed by atoms with Crippen molar-refractivity contribution in [1.29, 1.82) is 0 Å². The van der Waals surface area contributed by atoms with Gasteiger partial charge in [0, 0.05) is 17.8 Å². The van der Waals surface area contributed by atoms with Crippen LogP contribution < -0.4 is 5.56 Å². The molecule has 0 spiro atoms. The lowest BCUT2D eigenvalue weighted by atomic mass is 10.0. The molecule has 1 aromatic heterocycles. The fourth-order valence-electron chi connectivity index (χ4n) is 1.42. The Bertz CT molecular complexity index is 470. The van der Waals surface area contributed by atoms with Crippen LogP contribution in [0.4, 0.5) is 0 Å². The van der Waals surface area contributed by atoms with Crippen molar-refractivity contribution in [3.8, 4) is 0 Å². The Labute approximate surface area is 87.0 Å². The third kappa shape index (κ3) is 2.14. The number of hydrogen-bond donors (Lipinski definition) is 2. The molecule has 2 N–H and O–H groups in total. The van der Waals surface area contributed by atoms with Crippen molar-refractivity contribution in [2.75, 3.05) is 0 Å². The van der Waals surface area contributed by atoms with Gasteiger partial charge in [0.1, 0.15) is 6.10 Å². The lowest BCUT2D eigenvalue weighted by Crippen LogP contribution is -2.06. The zero-order chi connectivity index (χ0) is 10.7. The second-order valence-corrected chi connectivity index (χ2v) is 3.30. The monoisotopic (exact) mass is 201 g/mol. The van der Waals surface area contributed by atoms with Gasteiger partial charge in [0.25, 0.3) is 0 Å². The van der Waals surface area contributed by atoms with E-state index in [2.05, 4.69) is 4.98 Å². The van der Waals surface area contributed by atoms with Crippen LogP contribution in [0.2, 0.25) is 0 Å². The third-order valence-corrected chi connectivity index (χ3v) is 2.24. The highest BCUT2D eigenvalue weighted by molar-refractivity contribution is 5.27. The normalized spacial score (nSPS) is 12.3. The SMILES string of the molecule is O=c1ccc(C(O)c2ccccc2)c[nH]1. The van der Waals surface area contributed by atoms with E-state index in [1.165, 1.54) is 12.3 Å². The topological polar surface area (TPSA) is 53.1 Å². The summed E-state index contributed by atoms with van der Waals surface area (Å²) < 4.78 is 0. The summed E-state index contributed by atoms with van der Waals surface area (Å²) in [5.41, 5.74) is 1.32. The summed E-state index contributed by atoms with van der Waals surface area (Å²) >= 11 is 0. The van der Waals surface area contributed by atoms with Crippen molar-refractivity contribution in [2.24, 2.45) is 0 Å². The molecule has 0 fully saturated rings. The second kappa shape index (κ2) is 4.11. The summed E-state index contributed by atoms with van der Waals surface area (Å²) in [5, 5.41) is 9.96. The lowest BCUT2D eigenvalue weighted by Gasteiger charge is -2.10. The molecule has 0 aliphatic rings. The Morgan fingerprint density at radius 1 is 1.00 bits per heavy atom. The van der Waals surface area contributed by atoms with E-state index >= 15 is 0 Å². The Morgan fingerprint density at radius 3 is 2.33 bits per heavy atom. The number of nitrogens with one attached hydrogen (secondary N) is 1. The number of rotatable bonds is 2. The fourth-order valence-corrected chi connectivity index (χ4v) is 1.42. The van der Waals surface area contributed by atoms with Crippen molar-refractivity contribution in [3.63, 3.8) is 0 Å². The van der Waals surface area contributed by atoms with Crippen LogP contribution >= 0.6 is 0 Å². The molecule has 0 bridgehead atoms. The predicted octanol–water partition coefficient (Wildman–Crippen LogP) is 1.46. The van der Waals surface area contributed by atoms with Gasteiger partial charge in [-0.05, 0) is 11.6 Å². The van der Waals surface area contributed by atoms with E-state index in [1.807, 2.05) is 30.3 Å². The zero-order valence-corrected chi connectivity index (χ0v) is 8.05. The molecule has 0 saturated carbocycles. The molecular weight excluding hydrogens is 190 g/mol. The molecular formula is C12H11NO2. The number of H-pyrrole nitrogens is 1. The molecule has 0 amide bonds. The molecule has 0 aliphatic heterocycles. The van der Waals surface area contributed by atoms with Gasteiger partial charge in [-0.1, -0.05) is 30.3 Å². The molecule has 0 radical (unpaired) electrons. The molecule has 0 saturated heterocycles. The highest BCUT2D eigenvalue weighted by Gasteiger charge is 2.08. The lowest BCUT2D eigenvalue weighted by molar-refractivity contribution is 0.220. The second-order valence-electron chi connectivity index (χ2n) is 3.30. The molecule has 76 valence electrons. The highest BCUT2D eigenvalue weighted by atomic mass is 16.3. The van der Waals surface area contributed by atoms with Gasteiger partial charge in [-0.3, -0.25) is 4.79 Å². The van der Waals surface area contributed by atoms with Crippen molar-refractivity contribution < 1.29 is 5.11 Å². The molecule has 1 heterocycles. The summed E-state index contributed by atoms with van der Waals surface area (Å²) in [6.07, 6.45) is 0.836. The number of aromatic amines is 1. The van der Waals surface area contributed by atoms with E-state index in [-0.39, 0.29) is 5.56 Å². The Morgan fingerprint density at radius 2 is 1.73 bits per heavy atom. The van der Waals surface area contributed by atoms with E-state index < -0.39 is 6.10 Å². The first kappa shape index (κ1) is 9.68. The third-order valence-electron chi connectivity index (χ3n) is 2.24. The minimum absolute atomic E-state index is 0.168. The molecule has 2 rings (SSSR count). The number of aliphatic hydroxyl groups excluding tert-OH is 1. The van der Waals surface area contributed by atoms with E-state index in [0.717, 1.165) is 5.56 Å². The van der Waals surface area contributed by atoms with Crippen molar-refractivity contribution in [2.45, 2.75) is 6.10 Å². The number of aromatic nitrogens is 1. The van der Waals surface area contributed by atoms with Crippen molar-refractivity contribution in [1.82, 2.24) is 4.98 Å². The molecule has 0 aliphatic carbocycles. The van der Waals surface area contributed by atoms with Crippen LogP contribution in [0, 0.1) is 0 Å². The van der Waals surface area contributed by atoms with Gasteiger partial charge in [-0.2, -0.15) is 0 Å². The van der Waals surface area contributed by atoms with E-state index in [9.17, 15) is 9.90 Å². The number of hydrogen-bond acceptors (Lipinski definition) is 2. The Kier molecular flexibility index (Phi) is 2.65. The molecule has 3 nitrogen and oxygen atoms in total. The average molecular weight is 201 g/mol. The summed E-state index contributed by atoms with van der Waals surface area (Å²) in [6.45, 7) is 0. The number of pyridine rings is 1. The fraction of sp³-hybridized carbons (Fsp3) is 0.0833. The summed E-state index contributed by atoms with van der Waals surface area (Å²) in [7, 11) is 0. The molecule has 1 atom stereocenters. The maximum absolute atomic E-state index is 10.8. The molecule has 2 aromatic rings. The largest absolute Gasteiger partial charge is 0.384 e. The Hall–Kier alpha value is -1.87. The first-order chi connectivity index (χ1) is 7.27. The van der Waals surface area contributed by atoms with Gasteiger partial charge in [-0.15, -0.1) is 0 Å². The van der Waals surface area contributed by atoms with Gasteiger partial charge in [0.15, 0.2) is 0 Å². The van der Waals surface area contributed by atoms with E-state index in [1.54, 1.807) is 6.07 Å². The minimum atomic E-state index is -0.692. The van der Waals surface area contributed by atoms with Gasteiger partial charge >= 0.3 is 0 Å². The number of aliphatic hydroxyl groups is 1. The zero-order valence-electron chi connectivity index (χ0n) is 8.05. The van der Waals surface area contributed by atoms with Crippen LogP contribution in [-0.2, 0) is 0 Å². The standard InChI is InChI=1S/C12H11NO2/c14-11-7-6-10(8-13-11)12(15)9-4-2-1-3-5-9/h1-8,12,15H,(H,13,14). The maximum Gasteiger partial charge on any atom is 0.247 e. The van der Waals surface area contributed by atoms with E-state index in [0.29, 0.717) is 5.56 Å². The molecule has 1 aromatic carbocycles. The molecule has 3 heteroatoms. The highest BCUT2D eigenvalue weighted by Crippen LogP contribution is 2.19. The van der Waals surface area contributed by atoms with Gasteiger partial charge < -0.3 is 10.1 Å². The summed E-state index contributed by atoms with van der Waals surface area (Å²) in [4.78, 5) is 13.4. The molecule has 1 unspecified atom stereocenters. The summed E-state index contributed by atoms with van der Waals surface area (Å²) in [5.74, 6) is 0. The average Bonchev–Trinajstić information content (AvgIpc) is 2.30. The van der Waals surface area contributed by atoms with Crippen molar-refractivity contribution in [3.05, 3.63) is 70.1 Å². The number of benzene rings is 1.